The summed E-state index contributed by atoms with van der Waals surface area (Å²) in [6, 6.07) is 11.5. The Morgan fingerprint density at radius 2 is 1.89 bits per heavy atom. The van der Waals surface area contributed by atoms with Gasteiger partial charge >= 0.3 is 0 Å². The minimum absolute atomic E-state index is 0.445. The van der Waals surface area contributed by atoms with Gasteiger partial charge in [0.1, 0.15) is 0 Å². The Morgan fingerprint density at radius 3 is 2.37 bits per heavy atom. The summed E-state index contributed by atoms with van der Waals surface area (Å²) in [4.78, 5) is 2.82. The average Bonchev–Trinajstić information content (AvgIpc) is 2.94. The van der Waals surface area contributed by atoms with Crippen LogP contribution in [0.4, 0.5) is 0 Å². The maximum atomic E-state index is 3.71. The van der Waals surface area contributed by atoms with Crippen molar-refractivity contribution in [2.24, 2.45) is 5.92 Å². The Kier molecular flexibility index (Phi) is 3.79. The molecule has 1 aliphatic rings. The van der Waals surface area contributed by atoms with Crippen LogP contribution in [0.2, 0.25) is 0 Å². The minimum atomic E-state index is 0.445. The molecular formula is C16H18BrNS. The van der Waals surface area contributed by atoms with Gasteiger partial charge in [0, 0.05) is 20.3 Å². The standard InChI is InChI=1S/C16H18BrNS/c1-10-7-14(17)16(19-10)15(18-2)13-8-11-5-3-4-6-12(11)9-13/h3-7,13,15,18H,8-9H2,1-2H3. The number of hydrogen-bond acceptors (Lipinski definition) is 2. The van der Waals surface area contributed by atoms with Gasteiger partial charge in [-0.05, 0) is 65.9 Å². The van der Waals surface area contributed by atoms with Gasteiger partial charge in [-0.3, -0.25) is 0 Å². The van der Waals surface area contributed by atoms with Gasteiger partial charge in [0.2, 0.25) is 0 Å². The molecule has 1 N–H and O–H groups in total. The molecule has 1 unspecified atom stereocenters. The van der Waals surface area contributed by atoms with E-state index in [1.165, 1.54) is 38.2 Å². The number of halogens is 1. The fourth-order valence-electron chi connectivity index (χ4n) is 3.12. The zero-order valence-electron chi connectivity index (χ0n) is 11.2. The molecule has 3 heteroatoms. The summed E-state index contributed by atoms with van der Waals surface area (Å²) < 4.78 is 1.25. The van der Waals surface area contributed by atoms with Crippen LogP contribution in [0, 0.1) is 12.8 Å². The first-order valence-corrected chi connectivity index (χ1v) is 8.30. The van der Waals surface area contributed by atoms with Crippen LogP contribution in [0.3, 0.4) is 0 Å². The van der Waals surface area contributed by atoms with Crippen LogP contribution in [0.1, 0.15) is 26.9 Å². The third-order valence-corrected chi connectivity index (χ3v) is 6.04. The van der Waals surface area contributed by atoms with Crippen LogP contribution in [-0.2, 0) is 12.8 Å². The van der Waals surface area contributed by atoms with E-state index in [1.54, 1.807) is 0 Å². The maximum Gasteiger partial charge on any atom is 0.0458 e. The molecule has 0 aliphatic heterocycles. The lowest BCUT2D eigenvalue weighted by Crippen LogP contribution is -2.25. The van der Waals surface area contributed by atoms with Crippen molar-refractivity contribution in [2.45, 2.75) is 25.8 Å². The third-order valence-electron chi connectivity index (χ3n) is 3.98. The van der Waals surface area contributed by atoms with Crippen molar-refractivity contribution in [1.29, 1.82) is 0 Å². The van der Waals surface area contributed by atoms with Crippen molar-refractivity contribution >= 4 is 27.3 Å². The molecule has 1 aromatic heterocycles. The molecular weight excluding hydrogens is 318 g/mol. The highest BCUT2D eigenvalue weighted by Crippen LogP contribution is 2.40. The highest BCUT2D eigenvalue weighted by molar-refractivity contribution is 9.10. The fraction of sp³-hybridized carbons (Fsp3) is 0.375. The lowest BCUT2D eigenvalue weighted by molar-refractivity contribution is 0.401. The molecule has 1 nitrogen and oxygen atoms in total. The number of fused-ring (bicyclic) bond motifs is 1. The molecule has 1 aromatic carbocycles. The molecule has 19 heavy (non-hydrogen) atoms. The summed E-state index contributed by atoms with van der Waals surface area (Å²) in [7, 11) is 2.08. The summed E-state index contributed by atoms with van der Waals surface area (Å²) >= 11 is 5.61. The molecule has 0 radical (unpaired) electrons. The van der Waals surface area contributed by atoms with Crippen molar-refractivity contribution in [3.05, 3.63) is 55.7 Å². The fourth-order valence-corrected chi connectivity index (χ4v) is 5.22. The van der Waals surface area contributed by atoms with Crippen LogP contribution >= 0.6 is 27.3 Å². The first-order chi connectivity index (χ1) is 9.19. The van der Waals surface area contributed by atoms with Crippen molar-refractivity contribution < 1.29 is 0 Å². The smallest absolute Gasteiger partial charge is 0.0458 e. The normalized spacial score (nSPS) is 16.6. The molecule has 2 aromatic rings. The monoisotopic (exact) mass is 335 g/mol. The Morgan fingerprint density at radius 1 is 1.26 bits per heavy atom. The van der Waals surface area contributed by atoms with Crippen LogP contribution in [0.25, 0.3) is 0 Å². The highest BCUT2D eigenvalue weighted by atomic mass is 79.9. The average molecular weight is 336 g/mol. The van der Waals surface area contributed by atoms with Crippen molar-refractivity contribution in [1.82, 2.24) is 5.32 Å². The van der Waals surface area contributed by atoms with Gasteiger partial charge in [0.25, 0.3) is 0 Å². The molecule has 3 rings (SSSR count). The zero-order valence-corrected chi connectivity index (χ0v) is 13.6. The number of benzene rings is 1. The Labute approximate surface area is 127 Å². The van der Waals surface area contributed by atoms with Gasteiger partial charge in [-0.15, -0.1) is 11.3 Å². The molecule has 100 valence electrons. The van der Waals surface area contributed by atoms with Gasteiger partial charge in [0.15, 0.2) is 0 Å². The van der Waals surface area contributed by atoms with Crippen LogP contribution in [0.5, 0.6) is 0 Å². The van der Waals surface area contributed by atoms with E-state index < -0.39 is 0 Å². The van der Waals surface area contributed by atoms with E-state index in [2.05, 4.69) is 65.5 Å². The van der Waals surface area contributed by atoms with Crippen LogP contribution in [-0.4, -0.2) is 7.05 Å². The van der Waals surface area contributed by atoms with E-state index in [1.807, 2.05) is 11.3 Å². The lowest BCUT2D eigenvalue weighted by Gasteiger charge is -2.22. The molecule has 0 saturated carbocycles. The van der Waals surface area contributed by atoms with Crippen molar-refractivity contribution in [2.75, 3.05) is 7.05 Å². The number of aryl methyl sites for hydroxylation is 1. The van der Waals surface area contributed by atoms with Gasteiger partial charge in [-0.2, -0.15) is 0 Å². The lowest BCUT2D eigenvalue weighted by atomic mass is 9.95. The van der Waals surface area contributed by atoms with E-state index in [-0.39, 0.29) is 0 Å². The molecule has 0 bridgehead atoms. The van der Waals surface area contributed by atoms with E-state index in [4.69, 9.17) is 0 Å². The van der Waals surface area contributed by atoms with E-state index in [0.29, 0.717) is 12.0 Å². The predicted octanol–water partition coefficient (Wildman–Crippen LogP) is 4.49. The summed E-state index contributed by atoms with van der Waals surface area (Å²) in [5.41, 5.74) is 3.05. The summed E-state index contributed by atoms with van der Waals surface area (Å²) in [6.07, 6.45) is 2.37. The number of hydrogen-bond donors (Lipinski definition) is 1. The van der Waals surface area contributed by atoms with Crippen LogP contribution < -0.4 is 5.32 Å². The summed E-state index contributed by atoms with van der Waals surface area (Å²) in [5.74, 6) is 0.664. The van der Waals surface area contributed by atoms with Crippen molar-refractivity contribution in [3.8, 4) is 0 Å². The molecule has 0 saturated heterocycles. The first-order valence-electron chi connectivity index (χ1n) is 6.69. The Bertz CT molecular complexity index is 565. The van der Waals surface area contributed by atoms with Crippen LogP contribution in [0.15, 0.2) is 34.8 Å². The van der Waals surface area contributed by atoms with E-state index in [9.17, 15) is 0 Å². The number of rotatable bonds is 3. The van der Waals surface area contributed by atoms with Gasteiger partial charge < -0.3 is 5.32 Å². The van der Waals surface area contributed by atoms with E-state index in [0.717, 1.165) is 0 Å². The molecule has 1 aliphatic carbocycles. The molecule has 1 atom stereocenters. The quantitative estimate of drug-likeness (QED) is 0.871. The summed E-state index contributed by atoms with van der Waals surface area (Å²) in [5, 5.41) is 3.53. The minimum Gasteiger partial charge on any atom is -0.312 e. The largest absolute Gasteiger partial charge is 0.312 e. The number of thiophene rings is 1. The van der Waals surface area contributed by atoms with Gasteiger partial charge in [-0.1, -0.05) is 24.3 Å². The zero-order chi connectivity index (χ0) is 13.4. The molecule has 0 amide bonds. The summed E-state index contributed by atoms with van der Waals surface area (Å²) in [6.45, 7) is 2.18. The third kappa shape index (κ3) is 2.51. The van der Waals surface area contributed by atoms with Gasteiger partial charge in [-0.25, -0.2) is 0 Å². The molecule has 1 heterocycles. The topological polar surface area (TPSA) is 12.0 Å². The number of nitrogens with one attached hydrogen (secondary N) is 1. The Hall–Kier alpha value is -0.640. The van der Waals surface area contributed by atoms with Gasteiger partial charge in [0.05, 0.1) is 0 Å². The highest BCUT2D eigenvalue weighted by Gasteiger charge is 2.30. The Balaban J connectivity index is 1.88. The first kappa shape index (κ1) is 13.3. The second-order valence-corrected chi connectivity index (χ2v) is 7.41. The second kappa shape index (κ2) is 5.39. The maximum absolute atomic E-state index is 3.71. The molecule has 0 fully saturated rings. The second-order valence-electron chi connectivity index (χ2n) is 5.27. The predicted molar refractivity (Wildman–Crippen MR) is 85.9 cm³/mol. The van der Waals surface area contributed by atoms with E-state index >= 15 is 0 Å². The van der Waals surface area contributed by atoms with Crippen molar-refractivity contribution in [3.63, 3.8) is 0 Å². The molecule has 0 spiro atoms. The SMILES string of the molecule is CNC(c1sc(C)cc1Br)C1Cc2ccccc2C1.